The fourth-order valence-corrected chi connectivity index (χ4v) is 1.39. The number of likely N-dealkylation sites (N-methyl/N-ethyl adjacent to an activating group) is 2. The number of carbonyl (C=O) groups is 4. The van der Waals surface area contributed by atoms with E-state index in [0.717, 1.165) is 38.6 Å². The maximum atomic E-state index is 11.3. The predicted octanol–water partition coefficient (Wildman–Crippen LogP) is 2.39. The summed E-state index contributed by atoms with van der Waals surface area (Å²) >= 11 is 0. The zero-order valence-electron chi connectivity index (χ0n) is 21.8. The van der Waals surface area contributed by atoms with Crippen LogP contribution >= 0.6 is 0 Å². The molecule has 0 atom stereocenters. The number of hydrogen-bond donors (Lipinski definition) is 2. The highest BCUT2D eigenvalue weighted by molar-refractivity contribution is 5.92. The molecule has 2 amide bonds. The Labute approximate surface area is 201 Å². The van der Waals surface area contributed by atoms with Crippen molar-refractivity contribution in [3.63, 3.8) is 0 Å². The first kappa shape index (κ1) is 37.5. The van der Waals surface area contributed by atoms with Crippen LogP contribution in [0.5, 0.6) is 0 Å². The largest absolute Gasteiger partial charge is 0.351 e. The summed E-state index contributed by atoms with van der Waals surface area (Å²) in [5.41, 5.74) is 2.79. The van der Waals surface area contributed by atoms with Gasteiger partial charge in [0.05, 0.1) is 0 Å². The number of hydrogen-bond acceptors (Lipinski definition) is 6. The van der Waals surface area contributed by atoms with Crippen molar-refractivity contribution in [3.05, 3.63) is 48.6 Å². The number of carbonyl (C=O) groups excluding carboxylic acids is 4. The molecular formula is C25H46N4O4. The molecule has 0 rings (SSSR count). The van der Waals surface area contributed by atoms with Crippen LogP contribution in [0.1, 0.15) is 34.6 Å². The lowest BCUT2D eigenvalue weighted by molar-refractivity contribution is -0.120. The third kappa shape index (κ3) is 43.8. The van der Waals surface area contributed by atoms with Gasteiger partial charge in [-0.25, -0.2) is 0 Å². The SMILES string of the molecule is C=C(C)C.C=C(C)C(=O)NCCN(C=O)CCN(C)CCNC.C=C(C)C=O.C=C(C)C=O. The first-order valence-electron chi connectivity index (χ1n) is 10.6. The van der Waals surface area contributed by atoms with Crippen LogP contribution in [0.15, 0.2) is 48.6 Å². The highest BCUT2D eigenvalue weighted by atomic mass is 16.2. The minimum Gasteiger partial charge on any atom is -0.351 e. The maximum absolute atomic E-state index is 11.3. The lowest BCUT2D eigenvalue weighted by Crippen LogP contribution is -2.39. The molecule has 0 aromatic carbocycles. The van der Waals surface area contributed by atoms with Gasteiger partial charge in [0.1, 0.15) is 12.6 Å². The predicted molar refractivity (Wildman–Crippen MR) is 139 cm³/mol. The van der Waals surface area contributed by atoms with Crippen LogP contribution in [0.25, 0.3) is 0 Å². The minimum absolute atomic E-state index is 0.169. The number of amides is 2. The lowest BCUT2D eigenvalue weighted by Gasteiger charge is -2.22. The fraction of sp³-hybridized carbons (Fsp3) is 0.520. The summed E-state index contributed by atoms with van der Waals surface area (Å²) in [5.74, 6) is -0.169. The summed E-state index contributed by atoms with van der Waals surface area (Å²) in [7, 11) is 3.93. The molecule has 0 saturated heterocycles. The maximum Gasteiger partial charge on any atom is 0.246 e. The van der Waals surface area contributed by atoms with E-state index in [1.54, 1.807) is 25.7 Å². The molecule has 0 radical (unpaired) electrons. The molecule has 0 spiro atoms. The van der Waals surface area contributed by atoms with Crippen LogP contribution in [-0.4, -0.2) is 88.1 Å². The van der Waals surface area contributed by atoms with Crippen LogP contribution in [0.2, 0.25) is 0 Å². The van der Waals surface area contributed by atoms with Crippen LogP contribution in [0, 0.1) is 0 Å². The molecule has 33 heavy (non-hydrogen) atoms. The molecule has 0 unspecified atom stereocenters. The van der Waals surface area contributed by atoms with E-state index in [1.807, 2.05) is 27.9 Å². The van der Waals surface area contributed by atoms with Gasteiger partial charge in [-0.05, 0) is 59.9 Å². The molecule has 0 aliphatic carbocycles. The lowest BCUT2D eigenvalue weighted by atomic mass is 10.3. The van der Waals surface area contributed by atoms with E-state index in [1.165, 1.54) is 5.57 Å². The van der Waals surface area contributed by atoms with E-state index >= 15 is 0 Å². The first-order chi connectivity index (χ1) is 15.3. The molecule has 190 valence electrons. The van der Waals surface area contributed by atoms with E-state index in [4.69, 9.17) is 0 Å². The molecule has 0 aromatic rings. The Balaban J connectivity index is -0.000000243. The van der Waals surface area contributed by atoms with Gasteiger partial charge in [0, 0.05) is 44.8 Å². The molecule has 0 bridgehead atoms. The zero-order valence-corrected chi connectivity index (χ0v) is 21.8. The van der Waals surface area contributed by atoms with E-state index in [-0.39, 0.29) is 5.91 Å². The molecular weight excluding hydrogens is 420 g/mol. The zero-order chi connectivity index (χ0) is 26.8. The number of nitrogens with zero attached hydrogens (tertiary/aromatic N) is 2. The topological polar surface area (TPSA) is 98.8 Å². The van der Waals surface area contributed by atoms with Crippen LogP contribution in [0.4, 0.5) is 0 Å². The van der Waals surface area contributed by atoms with Crippen molar-refractivity contribution in [2.75, 3.05) is 53.4 Å². The average molecular weight is 467 g/mol. The van der Waals surface area contributed by atoms with Crippen molar-refractivity contribution >= 4 is 24.9 Å². The van der Waals surface area contributed by atoms with Gasteiger partial charge < -0.3 is 20.4 Å². The van der Waals surface area contributed by atoms with Crippen LogP contribution in [-0.2, 0) is 19.2 Å². The second-order valence-electron chi connectivity index (χ2n) is 7.72. The second-order valence-corrected chi connectivity index (χ2v) is 7.72. The number of aldehydes is 2. The highest BCUT2D eigenvalue weighted by Gasteiger charge is 2.05. The monoisotopic (exact) mass is 466 g/mol. The summed E-state index contributed by atoms with van der Waals surface area (Å²) in [5, 5.41) is 5.78. The van der Waals surface area contributed by atoms with Gasteiger partial charge in [-0.2, -0.15) is 0 Å². The molecule has 8 heteroatoms. The minimum atomic E-state index is -0.169. The molecule has 0 fully saturated rings. The molecule has 0 aliphatic heterocycles. The van der Waals surface area contributed by atoms with Gasteiger partial charge in [-0.15, -0.1) is 6.58 Å². The number of rotatable bonds is 13. The third-order valence-electron chi connectivity index (χ3n) is 3.14. The summed E-state index contributed by atoms with van der Waals surface area (Å²) in [6.45, 7) is 26.9. The molecule has 0 aliphatic rings. The molecule has 0 heterocycles. The van der Waals surface area contributed by atoms with Crippen molar-refractivity contribution in [2.45, 2.75) is 34.6 Å². The summed E-state index contributed by atoms with van der Waals surface area (Å²) in [6.07, 6.45) is 2.26. The Kier molecular flexibility index (Phi) is 30.9. The smallest absolute Gasteiger partial charge is 0.246 e. The van der Waals surface area contributed by atoms with Crippen molar-refractivity contribution in [1.29, 1.82) is 0 Å². The number of nitrogens with one attached hydrogen (secondary N) is 2. The first-order valence-corrected chi connectivity index (χ1v) is 10.6. The van der Waals surface area contributed by atoms with Crippen molar-refractivity contribution < 1.29 is 19.2 Å². The normalized spacial score (nSPS) is 8.73. The molecule has 8 nitrogen and oxygen atoms in total. The average Bonchev–Trinajstić information content (AvgIpc) is 2.74. The number of allylic oxidation sites excluding steroid dienone is 3. The fourth-order valence-electron chi connectivity index (χ4n) is 1.39. The highest BCUT2D eigenvalue weighted by Crippen LogP contribution is 1.88. The Bertz CT molecular complexity index is 594. The van der Waals surface area contributed by atoms with Crippen LogP contribution < -0.4 is 10.6 Å². The molecule has 2 N–H and O–H groups in total. The van der Waals surface area contributed by atoms with Gasteiger partial charge in [0.15, 0.2) is 0 Å². The Morgan fingerprint density at radius 1 is 0.788 bits per heavy atom. The Morgan fingerprint density at radius 3 is 1.52 bits per heavy atom. The van der Waals surface area contributed by atoms with Crippen molar-refractivity contribution in [3.8, 4) is 0 Å². The standard InChI is InChI=1S/C13H26N4O2.2C4H6O.C4H8/c1-12(2)13(19)15-6-8-17(11-18)10-9-16(4)7-5-14-3;2*1-4(2)3-5;1-4(2)3/h11,14H,1,5-10H2,2-4H3,(H,15,19);2*3H,1H2,2H3;1H2,2-3H3. The molecule has 0 aromatic heterocycles. The third-order valence-corrected chi connectivity index (χ3v) is 3.14. The summed E-state index contributed by atoms with van der Waals surface area (Å²) in [6, 6.07) is 0. The summed E-state index contributed by atoms with van der Waals surface area (Å²) in [4.78, 5) is 44.8. The van der Waals surface area contributed by atoms with Crippen LogP contribution in [0.3, 0.4) is 0 Å². The molecule has 0 saturated carbocycles. The van der Waals surface area contributed by atoms with E-state index in [2.05, 4.69) is 41.8 Å². The van der Waals surface area contributed by atoms with E-state index < -0.39 is 0 Å². The van der Waals surface area contributed by atoms with Gasteiger partial charge in [-0.3, -0.25) is 19.2 Å². The Hall–Kier alpha value is -2.84. The van der Waals surface area contributed by atoms with Gasteiger partial charge >= 0.3 is 0 Å². The van der Waals surface area contributed by atoms with Gasteiger partial charge in [0.25, 0.3) is 0 Å². The van der Waals surface area contributed by atoms with Gasteiger partial charge in [-0.1, -0.05) is 25.3 Å². The Morgan fingerprint density at radius 2 is 1.21 bits per heavy atom. The second kappa shape index (κ2) is 27.2. The van der Waals surface area contributed by atoms with E-state index in [9.17, 15) is 19.2 Å². The van der Waals surface area contributed by atoms with Crippen molar-refractivity contribution in [2.24, 2.45) is 0 Å². The quantitative estimate of drug-likeness (QED) is 0.246. The van der Waals surface area contributed by atoms with Crippen molar-refractivity contribution in [1.82, 2.24) is 20.4 Å². The van der Waals surface area contributed by atoms with E-state index in [0.29, 0.717) is 36.4 Å². The van der Waals surface area contributed by atoms with Gasteiger partial charge in [0.2, 0.25) is 12.3 Å². The summed E-state index contributed by atoms with van der Waals surface area (Å²) < 4.78 is 0.